The van der Waals surface area contributed by atoms with Crippen molar-refractivity contribution in [2.24, 2.45) is 0 Å². The molecule has 18 heavy (non-hydrogen) atoms. The molecule has 1 heterocycles. The van der Waals surface area contributed by atoms with Crippen molar-refractivity contribution in [3.63, 3.8) is 0 Å². The van der Waals surface area contributed by atoms with Gasteiger partial charge in [0, 0.05) is 19.6 Å². The van der Waals surface area contributed by atoms with Crippen LogP contribution in [0.25, 0.3) is 0 Å². The first-order chi connectivity index (χ1) is 8.71. The second-order valence-electron chi connectivity index (χ2n) is 3.91. The molecule has 2 N–H and O–H groups in total. The predicted octanol–water partition coefficient (Wildman–Crippen LogP) is 1.79. The van der Waals surface area contributed by atoms with E-state index in [9.17, 15) is 4.79 Å². The maximum atomic E-state index is 11.8. The van der Waals surface area contributed by atoms with Crippen LogP contribution in [0.2, 0.25) is 0 Å². The number of likely N-dealkylation sites (N-methyl/N-ethyl adjacent to an activating group) is 1. The van der Waals surface area contributed by atoms with Crippen LogP contribution in [0.4, 0.5) is 11.4 Å². The van der Waals surface area contributed by atoms with Crippen molar-refractivity contribution < 1.29 is 4.79 Å². The highest BCUT2D eigenvalue weighted by Crippen LogP contribution is 2.12. The van der Waals surface area contributed by atoms with Crippen molar-refractivity contribution in [3.05, 3.63) is 18.5 Å². The molecule has 1 aromatic rings. The summed E-state index contributed by atoms with van der Waals surface area (Å²) in [5.74, 6) is 0.105. The third-order valence-electron chi connectivity index (χ3n) is 2.68. The lowest BCUT2D eigenvalue weighted by Gasteiger charge is -2.19. The van der Waals surface area contributed by atoms with Gasteiger partial charge in [0.25, 0.3) is 0 Å². The Morgan fingerprint density at radius 2 is 1.78 bits per heavy atom. The van der Waals surface area contributed by atoms with Crippen LogP contribution in [0, 0.1) is 0 Å². The first-order valence-electron chi connectivity index (χ1n) is 6.41. The van der Waals surface area contributed by atoms with Gasteiger partial charge in [-0.2, -0.15) is 0 Å². The summed E-state index contributed by atoms with van der Waals surface area (Å²) in [6.07, 6.45) is 3.48. The summed E-state index contributed by atoms with van der Waals surface area (Å²) in [6, 6.07) is 1.95. The van der Waals surface area contributed by atoms with Crippen molar-refractivity contribution in [2.45, 2.75) is 20.8 Å². The number of aromatic nitrogens is 1. The number of hydrogen-bond acceptors (Lipinski definition) is 4. The zero-order valence-corrected chi connectivity index (χ0v) is 11.4. The summed E-state index contributed by atoms with van der Waals surface area (Å²) in [5.41, 5.74) is 1.81. The Balaban J connectivity index is 2.52. The summed E-state index contributed by atoms with van der Waals surface area (Å²) >= 11 is 0. The van der Waals surface area contributed by atoms with E-state index in [1.54, 1.807) is 17.3 Å². The first kappa shape index (κ1) is 14.3. The average molecular weight is 250 g/mol. The quantitative estimate of drug-likeness (QED) is 0.774. The Labute approximate surface area is 109 Å². The molecule has 1 rings (SSSR count). The monoisotopic (exact) mass is 250 g/mol. The summed E-state index contributed by atoms with van der Waals surface area (Å²) in [7, 11) is 0. The number of carbonyl (C=O) groups is 1. The zero-order chi connectivity index (χ0) is 13.4. The number of rotatable bonds is 7. The van der Waals surface area contributed by atoms with Crippen molar-refractivity contribution in [1.29, 1.82) is 0 Å². The molecule has 0 aliphatic carbocycles. The van der Waals surface area contributed by atoms with E-state index < -0.39 is 0 Å². The number of hydrogen-bond donors (Lipinski definition) is 2. The van der Waals surface area contributed by atoms with Crippen LogP contribution in [0.5, 0.6) is 0 Å². The van der Waals surface area contributed by atoms with E-state index in [-0.39, 0.29) is 5.91 Å². The summed E-state index contributed by atoms with van der Waals surface area (Å²) in [6.45, 7) is 8.63. The molecule has 0 atom stereocenters. The Morgan fingerprint density at radius 1 is 1.17 bits per heavy atom. The standard InChI is InChI=1S/C13H22N4O/c1-4-15-11-7-12(9-14-8-11)16-10-13(18)17(5-2)6-3/h7-9,15-16H,4-6,10H2,1-3H3. The largest absolute Gasteiger partial charge is 0.384 e. The van der Waals surface area contributed by atoms with Gasteiger partial charge in [-0.3, -0.25) is 9.78 Å². The fourth-order valence-electron chi connectivity index (χ4n) is 1.70. The number of carbonyl (C=O) groups excluding carboxylic acids is 1. The number of nitrogens with zero attached hydrogens (tertiary/aromatic N) is 2. The van der Waals surface area contributed by atoms with E-state index in [1.165, 1.54) is 0 Å². The molecule has 0 fully saturated rings. The molecule has 0 saturated carbocycles. The third kappa shape index (κ3) is 4.24. The van der Waals surface area contributed by atoms with Gasteiger partial charge in [0.15, 0.2) is 0 Å². The van der Waals surface area contributed by atoms with Crippen LogP contribution >= 0.6 is 0 Å². The molecule has 5 nitrogen and oxygen atoms in total. The molecule has 1 aromatic heterocycles. The minimum absolute atomic E-state index is 0.105. The third-order valence-corrected chi connectivity index (χ3v) is 2.68. The second-order valence-corrected chi connectivity index (χ2v) is 3.91. The van der Waals surface area contributed by atoms with Crippen LogP contribution in [0.3, 0.4) is 0 Å². The molecule has 1 amide bonds. The highest BCUT2D eigenvalue weighted by atomic mass is 16.2. The van der Waals surface area contributed by atoms with E-state index in [0.29, 0.717) is 6.54 Å². The van der Waals surface area contributed by atoms with Gasteiger partial charge >= 0.3 is 0 Å². The Kier molecular flexibility index (Phi) is 5.97. The zero-order valence-electron chi connectivity index (χ0n) is 11.4. The molecule has 0 spiro atoms. The molecule has 0 aromatic carbocycles. The minimum Gasteiger partial charge on any atom is -0.384 e. The van der Waals surface area contributed by atoms with Crippen molar-refractivity contribution in [3.8, 4) is 0 Å². The van der Waals surface area contributed by atoms with Gasteiger partial charge in [-0.05, 0) is 26.8 Å². The van der Waals surface area contributed by atoms with Crippen molar-refractivity contribution >= 4 is 17.3 Å². The smallest absolute Gasteiger partial charge is 0.241 e. The van der Waals surface area contributed by atoms with Crippen LogP contribution in [-0.2, 0) is 4.79 Å². The lowest BCUT2D eigenvalue weighted by Crippen LogP contribution is -2.35. The lowest BCUT2D eigenvalue weighted by molar-refractivity contribution is -0.128. The van der Waals surface area contributed by atoms with Gasteiger partial charge in [0.05, 0.1) is 30.3 Å². The Morgan fingerprint density at radius 3 is 2.33 bits per heavy atom. The number of pyridine rings is 1. The van der Waals surface area contributed by atoms with Gasteiger partial charge in [-0.25, -0.2) is 0 Å². The Bertz CT molecular complexity index is 377. The van der Waals surface area contributed by atoms with E-state index in [1.807, 2.05) is 26.8 Å². The van der Waals surface area contributed by atoms with Crippen molar-refractivity contribution in [2.75, 3.05) is 36.8 Å². The molecule has 0 saturated heterocycles. The van der Waals surface area contributed by atoms with Crippen LogP contribution < -0.4 is 10.6 Å². The van der Waals surface area contributed by atoms with E-state index in [0.717, 1.165) is 31.0 Å². The fourth-order valence-corrected chi connectivity index (χ4v) is 1.70. The van der Waals surface area contributed by atoms with Gasteiger partial charge in [-0.15, -0.1) is 0 Å². The number of amides is 1. The molecule has 0 unspecified atom stereocenters. The topological polar surface area (TPSA) is 57.3 Å². The maximum Gasteiger partial charge on any atom is 0.241 e. The summed E-state index contributed by atoms with van der Waals surface area (Å²) < 4.78 is 0. The first-order valence-corrected chi connectivity index (χ1v) is 6.41. The van der Waals surface area contributed by atoms with Crippen LogP contribution in [0.1, 0.15) is 20.8 Å². The van der Waals surface area contributed by atoms with Gasteiger partial charge < -0.3 is 15.5 Å². The summed E-state index contributed by atoms with van der Waals surface area (Å²) in [4.78, 5) is 17.7. The van der Waals surface area contributed by atoms with Gasteiger partial charge in [0.2, 0.25) is 5.91 Å². The maximum absolute atomic E-state index is 11.8. The van der Waals surface area contributed by atoms with E-state index >= 15 is 0 Å². The highest BCUT2D eigenvalue weighted by molar-refractivity contribution is 5.80. The lowest BCUT2D eigenvalue weighted by atomic mass is 10.3. The molecular formula is C13H22N4O. The molecule has 0 aliphatic rings. The predicted molar refractivity (Wildman–Crippen MR) is 74.8 cm³/mol. The number of nitrogens with one attached hydrogen (secondary N) is 2. The molecular weight excluding hydrogens is 228 g/mol. The number of anilines is 2. The SMILES string of the molecule is CCNc1cncc(NCC(=O)N(CC)CC)c1. The molecule has 100 valence electrons. The Hall–Kier alpha value is -1.78. The molecule has 0 bridgehead atoms. The van der Waals surface area contributed by atoms with Gasteiger partial charge in [0.1, 0.15) is 0 Å². The summed E-state index contributed by atoms with van der Waals surface area (Å²) in [5, 5.41) is 6.28. The van der Waals surface area contributed by atoms with E-state index in [2.05, 4.69) is 15.6 Å². The molecule has 5 heteroatoms. The normalized spacial score (nSPS) is 9.94. The fraction of sp³-hybridized carbons (Fsp3) is 0.538. The second kappa shape index (κ2) is 7.53. The minimum atomic E-state index is 0.105. The molecule has 0 radical (unpaired) electrons. The highest BCUT2D eigenvalue weighted by Gasteiger charge is 2.08. The van der Waals surface area contributed by atoms with Crippen molar-refractivity contribution in [1.82, 2.24) is 9.88 Å². The van der Waals surface area contributed by atoms with Crippen LogP contribution in [0.15, 0.2) is 18.5 Å². The van der Waals surface area contributed by atoms with Gasteiger partial charge in [-0.1, -0.05) is 0 Å². The average Bonchev–Trinajstić information content (AvgIpc) is 2.39. The molecule has 0 aliphatic heterocycles. The van der Waals surface area contributed by atoms with E-state index in [4.69, 9.17) is 0 Å². The van der Waals surface area contributed by atoms with Crippen LogP contribution in [-0.4, -0.2) is 42.0 Å².